The molecule has 0 radical (unpaired) electrons. The number of aryl methyl sites for hydroxylation is 1. The molecule has 0 aliphatic carbocycles. The zero-order valence-corrected chi connectivity index (χ0v) is 10.5. The summed E-state index contributed by atoms with van der Waals surface area (Å²) < 4.78 is 32.0. The second-order valence-corrected chi connectivity index (χ2v) is 4.32. The van der Waals surface area contributed by atoms with Crippen molar-refractivity contribution >= 4 is 11.6 Å². The molecule has 0 atom stereocenters. The van der Waals surface area contributed by atoms with Crippen LogP contribution in [0.25, 0.3) is 0 Å². The second kappa shape index (κ2) is 5.36. The van der Waals surface area contributed by atoms with Crippen molar-refractivity contribution in [2.75, 3.05) is 0 Å². The van der Waals surface area contributed by atoms with E-state index in [1.165, 1.54) is 18.2 Å². The summed E-state index contributed by atoms with van der Waals surface area (Å²) in [6.07, 6.45) is 0. The van der Waals surface area contributed by atoms with Gasteiger partial charge in [0.15, 0.2) is 0 Å². The third kappa shape index (κ3) is 2.79. The van der Waals surface area contributed by atoms with Crippen molar-refractivity contribution in [3.63, 3.8) is 0 Å². The Morgan fingerprint density at radius 3 is 2.72 bits per heavy atom. The van der Waals surface area contributed by atoms with Gasteiger partial charge in [-0.3, -0.25) is 0 Å². The average molecular weight is 269 g/mol. The van der Waals surface area contributed by atoms with E-state index < -0.39 is 5.82 Å². The summed E-state index contributed by atoms with van der Waals surface area (Å²) in [5.74, 6) is -0.496. The monoisotopic (exact) mass is 268 g/mol. The van der Waals surface area contributed by atoms with Crippen molar-refractivity contribution < 1.29 is 13.5 Å². The van der Waals surface area contributed by atoms with E-state index in [2.05, 4.69) is 0 Å². The quantitative estimate of drug-likeness (QED) is 0.796. The van der Waals surface area contributed by atoms with Crippen LogP contribution in [0, 0.1) is 18.6 Å². The molecule has 0 fully saturated rings. The molecule has 0 spiro atoms. The van der Waals surface area contributed by atoms with Gasteiger partial charge < -0.3 is 4.74 Å². The van der Waals surface area contributed by atoms with Crippen molar-refractivity contribution in [1.82, 2.24) is 0 Å². The van der Waals surface area contributed by atoms with E-state index in [1.54, 1.807) is 25.1 Å². The predicted octanol–water partition coefficient (Wildman–Crippen LogP) is 4.51. The van der Waals surface area contributed by atoms with Crippen molar-refractivity contribution in [2.45, 2.75) is 13.5 Å². The summed E-state index contributed by atoms with van der Waals surface area (Å²) in [5.41, 5.74) is 1.13. The Morgan fingerprint density at radius 1 is 1.17 bits per heavy atom. The molecule has 0 aliphatic rings. The fourth-order valence-corrected chi connectivity index (χ4v) is 1.74. The Kier molecular flexibility index (Phi) is 3.82. The van der Waals surface area contributed by atoms with Crippen LogP contribution in [0.1, 0.15) is 11.1 Å². The lowest BCUT2D eigenvalue weighted by atomic mass is 10.2. The highest BCUT2D eigenvalue weighted by Gasteiger charge is 2.08. The Bertz CT molecular complexity index is 568. The fourth-order valence-electron chi connectivity index (χ4n) is 1.54. The average Bonchev–Trinajstić information content (AvgIpc) is 2.35. The van der Waals surface area contributed by atoms with Crippen LogP contribution in [0.2, 0.25) is 5.02 Å². The zero-order chi connectivity index (χ0) is 13.1. The van der Waals surface area contributed by atoms with E-state index in [0.29, 0.717) is 11.3 Å². The van der Waals surface area contributed by atoms with E-state index >= 15 is 0 Å². The highest BCUT2D eigenvalue weighted by Crippen LogP contribution is 2.22. The van der Waals surface area contributed by atoms with E-state index in [9.17, 15) is 8.78 Å². The molecule has 0 bridgehead atoms. The first kappa shape index (κ1) is 12.8. The van der Waals surface area contributed by atoms with Gasteiger partial charge in [-0.1, -0.05) is 29.8 Å². The van der Waals surface area contributed by atoms with E-state index in [0.717, 1.165) is 5.56 Å². The Hall–Kier alpha value is -1.61. The molecule has 0 heterocycles. The van der Waals surface area contributed by atoms with Crippen LogP contribution in [-0.2, 0) is 6.61 Å². The molecule has 0 N–H and O–H groups in total. The number of ether oxygens (including phenoxy) is 1. The van der Waals surface area contributed by atoms with E-state index in [-0.39, 0.29) is 17.4 Å². The molecule has 2 aromatic rings. The van der Waals surface area contributed by atoms with Crippen LogP contribution in [0.4, 0.5) is 8.78 Å². The molecule has 2 aromatic carbocycles. The molecular weight excluding hydrogens is 258 g/mol. The van der Waals surface area contributed by atoms with E-state index in [1.807, 2.05) is 0 Å². The second-order valence-electron chi connectivity index (χ2n) is 3.91. The molecule has 1 nitrogen and oxygen atoms in total. The van der Waals surface area contributed by atoms with Crippen molar-refractivity contribution in [2.24, 2.45) is 0 Å². The highest BCUT2D eigenvalue weighted by atomic mass is 35.5. The minimum Gasteiger partial charge on any atom is -0.488 e. The summed E-state index contributed by atoms with van der Waals surface area (Å²) in [4.78, 5) is 0. The van der Waals surface area contributed by atoms with Gasteiger partial charge in [0, 0.05) is 11.6 Å². The van der Waals surface area contributed by atoms with Gasteiger partial charge in [0.2, 0.25) is 0 Å². The molecule has 94 valence electrons. The minimum atomic E-state index is -0.506. The lowest BCUT2D eigenvalue weighted by Crippen LogP contribution is -2.00. The van der Waals surface area contributed by atoms with Crippen LogP contribution in [0.5, 0.6) is 5.75 Å². The molecule has 4 heteroatoms. The third-order valence-electron chi connectivity index (χ3n) is 2.56. The molecule has 0 aliphatic heterocycles. The summed E-state index contributed by atoms with van der Waals surface area (Å²) in [6.45, 7) is 1.81. The van der Waals surface area contributed by atoms with Crippen LogP contribution < -0.4 is 4.74 Å². The molecule has 0 saturated heterocycles. The van der Waals surface area contributed by atoms with Crippen molar-refractivity contribution in [1.29, 1.82) is 0 Å². The molecule has 18 heavy (non-hydrogen) atoms. The maximum atomic E-state index is 13.6. The SMILES string of the molecule is Cc1ccc(F)cc1OCc1cccc(Cl)c1F. The van der Waals surface area contributed by atoms with E-state index in [4.69, 9.17) is 16.3 Å². The summed E-state index contributed by atoms with van der Waals surface area (Å²) in [5, 5.41) is 0.0482. The lowest BCUT2D eigenvalue weighted by molar-refractivity contribution is 0.296. The molecular formula is C14H11ClF2O. The first-order valence-corrected chi connectivity index (χ1v) is 5.77. The van der Waals surface area contributed by atoms with Crippen molar-refractivity contribution in [3.8, 4) is 5.75 Å². The van der Waals surface area contributed by atoms with Gasteiger partial charge in [-0.15, -0.1) is 0 Å². The van der Waals surface area contributed by atoms with Crippen LogP contribution in [0.3, 0.4) is 0 Å². The fraction of sp³-hybridized carbons (Fsp3) is 0.143. The molecule has 2 rings (SSSR count). The largest absolute Gasteiger partial charge is 0.488 e. The van der Waals surface area contributed by atoms with Crippen LogP contribution >= 0.6 is 11.6 Å². The normalized spacial score (nSPS) is 10.4. The van der Waals surface area contributed by atoms with Gasteiger partial charge in [-0.05, 0) is 24.6 Å². The predicted molar refractivity (Wildman–Crippen MR) is 66.9 cm³/mol. The first-order chi connectivity index (χ1) is 8.58. The number of hydrogen-bond acceptors (Lipinski definition) is 1. The van der Waals surface area contributed by atoms with Crippen LogP contribution in [0.15, 0.2) is 36.4 Å². The van der Waals surface area contributed by atoms with Crippen LogP contribution in [-0.4, -0.2) is 0 Å². The smallest absolute Gasteiger partial charge is 0.148 e. The summed E-state index contributed by atoms with van der Waals surface area (Å²) >= 11 is 5.66. The topological polar surface area (TPSA) is 9.23 Å². The van der Waals surface area contributed by atoms with Gasteiger partial charge in [-0.2, -0.15) is 0 Å². The number of halogens is 3. The lowest BCUT2D eigenvalue weighted by Gasteiger charge is -2.10. The standard InChI is InChI=1S/C14H11ClF2O/c1-9-5-6-11(16)7-13(9)18-8-10-3-2-4-12(15)14(10)17/h2-7H,8H2,1H3. The first-order valence-electron chi connectivity index (χ1n) is 5.40. The molecule has 0 saturated carbocycles. The van der Waals surface area contributed by atoms with Gasteiger partial charge in [0.25, 0.3) is 0 Å². The van der Waals surface area contributed by atoms with Gasteiger partial charge in [0.05, 0.1) is 5.02 Å². The maximum Gasteiger partial charge on any atom is 0.148 e. The Labute approximate surface area is 109 Å². The maximum absolute atomic E-state index is 13.6. The Balaban J connectivity index is 2.16. The third-order valence-corrected chi connectivity index (χ3v) is 2.86. The minimum absolute atomic E-state index is 0.0106. The van der Waals surface area contributed by atoms with Crippen molar-refractivity contribution in [3.05, 3.63) is 64.2 Å². The molecule has 0 aromatic heterocycles. The van der Waals surface area contributed by atoms with Gasteiger partial charge in [0.1, 0.15) is 24.0 Å². The summed E-state index contributed by atoms with van der Waals surface area (Å²) in [6, 6.07) is 8.92. The Morgan fingerprint density at radius 2 is 1.94 bits per heavy atom. The molecule has 0 amide bonds. The number of hydrogen-bond donors (Lipinski definition) is 0. The summed E-state index contributed by atoms with van der Waals surface area (Å²) in [7, 11) is 0. The highest BCUT2D eigenvalue weighted by molar-refractivity contribution is 6.30. The van der Waals surface area contributed by atoms with Gasteiger partial charge in [-0.25, -0.2) is 8.78 Å². The molecule has 0 unspecified atom stereocenters. The number of rotatable bonds is 3. The zero-order valence-electron chi connectivity index (χ0n) is 9.71. The van der Waals surface area contributed by atoms with Gasteiger partial charge >= 0.3 is 0 Å². The number of benzene rings is 2.